The van der Waals surface area contributed by atoms with Gasteiger partial charge in [-0.3, -0.25) is 4.79 Å². The number of urea groups is 1. The van der Waals surface area contributed by atoms with Crippen LogP contribution in [0.25, 0.3) is 0 Å². The van der Waals surface area contributed by atoms with Crippen LogP contribution in [0.5, 0.6) is 0 Å². The zero-order valence-corrected chi connectivity index (χ0v) is 11.1. The van der Waals surface area contributed by atoms with Crippen molar-refractivity contribution in [2.45, 2.75) is 26.3 Å². The fourth-order valence-corrected chi connectivity index (χ4v) is 2.78. The smallest absolute Gasteiger partial charge is 0.317 e. The highest BCUT2D eigenvalue weighted by Gasteiger charge is 2.23. The lowest BCUT2D eigenvalue weighted by atomic mass is 10.1. The summed E-state index contributed by atoms with van der Waals surface area (Å²) < 4.78 is 0. The van der Waals surface area contributed by atoms with E-state index in [1.807, 2.05) is 30.5 Å². The predicted octanol–water partition coefficient (Wildman–Crippen LogP) is 1.24. The Morgan fingerprint density at radius 2 is 2.29 bits per heavy atom. The van der Waals surface area contributed by atoms with E-state index in [4.69, 9.17) is 5.11 Å². The minimum atomic E-state index is -0.825. The van der Waals surface area contributed by atoms with E-state index in [0.29, 0.717) is 6.54 Å². The van der Waals surface area contributed by atoms with Gasteiger partial charge in [-0.25, -0.2) is 4.79 Å². The van der Waals surface area contributed by atoms with Crippen molar-refractivity contribution in [3.63, 3.8) is 0 Å². The maximum atomic E-state index is 11.9. The molecule has 0 aliphatic carbocycles. The Bertz CT molecular complexity index is 286. The molecule has 0 radical (unpaired) electrons. The van der Waals surface area contributed by atoms with E-state index in [1.165, 1.54) is 0 Å². The Kier molecular flexibility index (Phi) is 5.61. The summed E-state index contributed by atoms with van der Waals surface area (Å²) >= 11 is 1.86. The molecule has 1 aliphatic heterocycles. The molecule has 1 saturated heterocycles. The van der Waals surface area contributed by atoms with E-state index in [0.717, 1.165) is 18.1 Å². The Morgan fingerprint density at radius 3 is 2.88 bits per heavy atom. The maximum Gasteiger partial charge on any atom is 0.317 e. The zero-order chi connectivity index (χ0) is 12.8. The molecule has 0 aromatic rings. The number of carboxylic acids is 1. The Labute approximate surface area is 106 Å². The molecule has 0 saturated carbocycles. The average Bonchev–Trinajstić information content (AvgIpc) is 2.25. The first-order valence-electron chi connectivity index (χ1n) is 5.84. The molecule has 2 atom stereocenters. The standard InChI is InChI=1S/C11H20N2O3S/c1-8(5-10(14)15)6-12-11(16)13-3-4-17-7-9(13)2/h8-9H,3-7H2,1-2H3,(H,12,16)(H,14,15). The molecule has 17 heavy (non-hydrogen) atoms. The van der Waals surface area contributed by atoms with Crippen molar-refractivity contribution in [1.29, 1.82) is 0 Å². The molecule has 0 bridgehead atoms. The molecule has 2 N–H and O–H groups in total. The van der Waals surface area contributed by atoms with Gasteiger partial charge in [0.15, 0.2) is 0 Å². The normalized spacial score (nSPS) is 22.0. The molecule has 0 spiro atoms. The van der Waals surface area contributed by atoms with Crippen LogP contribution in [0, 0.1) is 5.92 Å². The molecule has 1 aliphatic rings. The van der Waals surface area contributed by atoms with Crippen molar-refractivity contribution in [3.05, 3.63) is 0 Å². The van der Waals surface area contributed by atoms with Crippen LogP contribution in [0.15, 0.2) is 0 Å². The quantitative estimate of drug-likeness (QED) is 0.798. The number of carbonyl (C=O) groups is 2. The van der Waals surface area contributed by atoms with Crippen molar-refractivity contribution in [1.82, 2.24) is 10.2 Å². The SMILES string of the molecule is CC(CNC(=O)N1CCSCC1C)CC(=O)O. The molecular formula is C11H20N2O3S. The highest BCUT2D eigenvalue weighted by atomic mass is 32.2. The van der Waals surface area contributed by atoms with Crippen molar-refractivity contribution in [3.8, 4) is 0 Å². The Hall–Kier alpha value is -0.910. The monoisotopic (exact) mass is 260 g/mol. The second-order valence-corrected chi connectivity index (χ2v) is 5.66. The fourth-order valence-electron chi connectivity index (χ4n) is 1.76. The topological polar surface area (TPSA) is 69.6 Å². The van der Waals surface area contributed by atoms with E-state index < -0.39 is 5.97 Å². The second kappa shape index (κ2) is 6.74. The summed E-state index contributed by atoms with van der Waals surface area (Å²) in [6.45, 7) is 5.04. The van der Waals surface area contributed by atoms with Crippen molar-refractivity contribution >= 4 is 23.8 Å². The minimum absolute atomic E-state index is 0.0362. The van der Waals surface area contributed by atoms with E-state index >= 15 is 0 Å². The summed E-state index contributed by atoms with van der Waals surface area (Å²) in [6.07, 6.45) is 0.0890. The molecule has 2 unspecified atom stereocenters. The largest absolute Gasteiger partial charge is 0.481 e. The van der Waals surface area contributed by atoms with Crippen LogP contribution in [0.4, 0.5) is 4.79 Å². The third-order valence-electron chi connectivity index (χ3n) is 2.75. The summed E-state index contributed by atoms with van der Waals surface area (Å²) in [6, 6.07) is 0.179. The van der Waals surface area contributed by atoms with E-state index in [1.54, 1.807) is 0 Å². The molecule has 0 aromatic heterocycles. The third-order valence-corrected chi connectivity index (χ3v) is 3.94. The lowest BCUT2D eigenvalue weighted by Gasteiger charge is -2.33. The van der Waals surface area contributed by atoms with E-state index in [9.17, 15) is 9.59 Å². The number of rotatable bonds is 4. The number of hydrogen-bond donors (Lipinski definition) is 2. The molecule has 1 rings (SSSR count). The third kappa shape index (κ3) is 4.85. The number of carbonyl (C=O) groups excluding carboxylic acids is 1. The molecule has 6 heteroatoms. The maximum absolute atomic E-state index is 11.9. The van der Waals surface area contributed by atoms with Crippen molar-refractivity contribution in [2.24, 2.45) is 5.92 Å². The highest BCUT2D eigenvalue weighted by Crippen LogP contribution is 2.15. The van der Waals surface area contributed by atoms with Gasteiger partial charge in [-0.05, 0) is 12.8 Å². The molecule has 2 amide bonds. The van der Waals surface area contributed by atoms with Crippen LogP contribution in [0.2, 0.25) is 0 Å². The van der Waals surface area contributed by atoms with Crippen LogP contribution in [0.1, 0.15) is 20.3 Å². The van der Waals surface area contributed by atoms with Gasteiger partial charge in [0, 0.05) is 37.1 Å². The average molecular weight is 260 g/mol. The summed E-state index contributed by atoms with van der Waals surface area (Å²) in [5.41, 5.74) is 0. The lowest BCUT2D eigenvalue weighted by Crippen LogP contribution is -2.50. The first-order chi connectivity index (χ1) is 8.00. The number of nitrogens with zero attached hydrogens (tertiary/aromatic N) is 1. The first kappa shape index (κ1) is 14.2. The Morgan fingerprint density at radius 1 is 1.59 bits per heavy atom. The second-order valence-electron chi connectivity index (χ2n) is 4.51. The van der Waals surface area contributed by atoms with Gasteiger partial charge >= 0.3 is 12.0 Å². The fraction of sp³-hybridized carbons (Fsp3) is 0.818. The van der Waals surface area contributed by atoms with E-state index in [-0.39, 0.29) is 24.4 Å². The van der Waals surface area contributed by atoms with Crippen LogP contribution < -0.4 is 5.32 Å². The summed E-state index contributed by atoms with van der Waals surface area (Å²) in [5.74, 6) is 1.08. The minimum Gasteiger partial charge on any atom is -0.481 e. The van der Waals surface area contributed by atoms with Gasteiger partial charge < -0.3 is 15.3 Å². The van der Waals surface area contributed by atoms with Gasteiger partial charge in [0.05, 0.1) is 0 Å². The molecule has 5 nitrogen and oxygen atoms in total. The molecule has 1 heterocycles. The van der Waals surface area contributed by atoms with Crippen molar-refractivity contribution < 1.29 is 14.7 Å². The first-order valence-corrected chi connectivity index (χ1v) is 7.00. The highest BCUT2D eigenvalue weighted by molar-refractivity contribution is 7.99. The summed E-state index contributed by atoms with van der Waals surface area (Å²) in [7, 11) is 0. The van der Waals surface area contributed by atoms with Crippen LogP contribution in [0.3, 0.4) is 0 Å². The lowest BCUT2D eigenvalue weighted by molar-refractivity contribution is -0.137. The van der Waals surface area contributed by atoms with Gasteiger partial charge in [0.2, 0.25) is 0 Å². The molecular weight excluding hydrogens is 240 g/mol. The number of hydrogen-bond acceptors (Lipinski definition) is 3. The van der Waals surface area contributed by atoms with Crippen molar-refractivity contribution in [2.75, 3.05) is 24.6 Å². The predicted molar refractivity (Wildman–Crippen MR) is 68.3 cm³/mol. The van der Waals surface area contributed by atoms with Crippen LogP contribution in [-0.2, 0) is 4.79 Å². The number of nitrogens with one attached hydrogen (secondary N) is 1. The molecule has 98 valence electrons. The van der Waals surface area contributed by atoms with E-state index in [2.05, 4.69) is 5.32 Å². The number of aliphatic carboxylic acids is 1. The number of thioether (sulfide) groups is 1. The Balaban J connectivity index is 2.30. The van der Waals surface area contributed by atoms with Gasteiger partial charge in [0.1, 0.15) is 0 Å². The number of amides is 2. The molecule has 0 aromatic carbocycles. The van der Waals surface area contributed by atoms with Gasteiger partial charge in [-0.2, -0.15) is 11.8 Å². The zero-order valence-electron chi connectivity index (χ0n) is 10.3. The van der Waals surface area contributed by atoms with Gasteiger partial charge in [-0.15, -0.1) is 0 Å². The van der Waals surface area contributed by atoms with Gasteiger partial charge in [0.25, 0.3) is 0 Å². The summed E-state index contributed by atoms with van der Waals surface area (Å²) in [4.78, 5) is 24.2. The number of carboxylic acid groups (broad SMARTS) is 1. The van der Waals surface area contributed by atoms with Gasteiger partial charge in [-0.1, -0.05) is 6.92 Å². The molecule has 1 fully saturated rings. The van der Waals surface area contributed by atoms with Crippen LogP contribution >= 0.6 is 11.8 Å². The summed E-state index contributed by atoms with van der Waals surface area (Å²) in [5, 5.41) is 11.4. The van der Waals surface area contributed by atoms with Crippen LogP contribution in [-0.4, -0.2) is 52.6 Å².